The smallest absolute Gasteiger partial charge is 0.293 e. The molecule has 150 valence electrons. The number of hydrogen-bond acceptors (Lipinski definition) is 5. The third-order valence-corrected chi connectivity index (χ3v) is 5.28. The van der Waals surface area contributed by atoms with Crippen molar-refractivity contribution in [2.24, 2.45) is 5.10 Å². The lowest BCUT2D eigenvalue weighted by atomic mass is 10.2. The Morgan fingerprint density at radius 3 is 2.72 bits per heavy atom. The van der Waals surface area contributed by atoms with Crippen molar-refractivity contribution in [2.75, 3.05) is 7.11 Å². The second kappa shape index (κ2) is 9.43. The van der Waals surface area contributed by atoms with Crippen LogP contribution >= 0.6 is 43.5 Å². The Bertz CT molecular complexity index is 1070. The van der Waals surface area contributed by atoms with Crippen LogP contribution < -0.4 is 10.2 Å². The van der Waals surface area contributed by atoms with Crippen molar-refractivity contribution in [3.8, 4) is 11.5 Å². The number of hydrogen-bond donors (Lipinski definition) is 2. The maximum atomic E-state index is 12.4. The van der Waals surface area contributed by atoms with Crippen LogP contribution in [0.3, 0.4) is 0 Å². The molecule has 1 aromatic heterocycles. The highest BCUT2D eigenvalue weighted by Crippen LogP contribution is 2.34. The van der Waals surface area contributed by atoms with Gasteiger partial charge in [-0.1, -0.05) is 23.7 Å². The van der Waals surface area contributed by atoms with Gasteiger partial charge in [0, 0.05) is 11.2 Å². The summed E-state index contributed by atoms with van der Waals surface area (Å²) < 4.78 is 7.73. The van der Waals surface area contributed by atoms with E-state index in [0.29, 0.717) is 26.1 Å². The van der Waals surface area contributed by atoms with Crippen molar-refractivity contribution < 1.29 is 14.6 Å². The van der Waals surface area contributed by atoms with Gasteiger partial charge in [-0.15, -0.1) is 0 Å². The molecule has 0 bridgehead atoms. The number of nitrogens with one attached hydrogen (secondary N) is 1. The summed E-state index contributed by atoms with van der Waals surface area (Å²) in [6, 6.07) is 10.6. The number of rotatable bonds is 6. The molecule has 0 atom stereocenters. The van der Waals surface area contributed by atoms with Crippen LogP contribution in [-0.4, -0.2) is 34.1 Å². The zero-order chi connectivity index (χ0) is 21.0. The first kappa shape index (κ1) is 21.4. The summed E-state index contributed by atoms with van der Waals surface area (Å²) in [6.45, 7) is 0.494. The molecule has 1 heterocycles. The lowest BCUT2D eigenvalue weighted by molar-refractivity contribution is 0.0948. The summed E-state index contributed by atoms with van der Waals surface area (Å²) in [5.41, 5.74) is 4.27. The normalized spacial score (nSPS) is 11.0. The van der Waals surface area contributed by atoms with Gasteiger partial charge >= 0.3 is 0 Å². The van der Waals surface area contributed by atoms with Crippen molar-refractivity contribution >= 4 is 55.6 Å². The van der Waals surface area contributed by atoms with Crippen molar-refractivity contribution in [1.82, 2.24) is 15.2 Å². The highest BCUT2D eigenvalue weighted by molar-refractivity contribution is 9.10. The number of phenols is 1. The highest BCUT2D eigenvalue weighted by Gasteiger charge is 2.15. The molecule has 29 heavy (non-hydrogen) atoms. The van der Waals surface area contributed by atoms with Gasteiger partial charge in [-0.25, -0.2) is 5.43 Å². The van der Waals surface area contributed by atoms with Crippen molar-refractivity contribution in [3.63, 3.8) is 0 Å². The Balaban J connectivity index is 1.68. The lowest BCUT2D eigenvalue weighted by Crippen LogP contribution is -2.19. The van der Waals surface area contributed by atoms with Gasteiger partial charge in [-0.2, -0.15) is 10.2 Å². The fraction of sp³-hybridized carbons (Fsp3) is 0.105. The van der Waals surface area contributed by atoms with Crippen LogP contribution in [0.4, 0.5) is 0 Å². The molecule has 3 aromatic rings. The number of amides is 1. The fourth-order valence-corrected chi connectivity index (χ4v) is 3.53. The standard InChI is InChI=1S/C19H15Br2ClN4O3/c1-29-16-7-12(6-14(20)18(16)27)8-23-24-19(28)17-15(21)10-26(25-17)9-11-2-4-13(22)5-3-11/h2-8,10,27H,9H2,1H3,(H,24,28)/b23-8+. The van der Waals surface area contributed by atoms with Gasteiger partial charge in [0.2, 0.25) is 0 Å². The molecule has 2 aromatic carbocycles. The van der Waals surface area contributed by atoms with Crippen LogP contribution in [0.1, 0.15) is 21.6 Å². The second-order valence-corrected chi connectivity index (χ2v) is 8.05. The molecule has 3 rings (SSSR count). The minimum absolute atomic E-state index is 0.0103. The molecule has 0 spiro atoms. The van der Waals surface area contributed by atoms with Crippen LogP contribution in [0, 0.1) is 0 Å². The average molecular weight is 543 g/mol. The largest absolute Gasteiger partial charge is 0.503 e. The Morgan fingerprint density at radius 2 is 2.03 bits per heavy atom. The maximum absolute atomic E-state index is 12.4. The topological polar surface area (TPSA) is 88.7 Å². The van der Waals surface area contributed by atoms with E-state index in [1.54, 1.807) is 35.1 Å². The van der Waals surface area contributed by atoms with E-state index in [4.69, 9.17) is 16.3 Å². The molecule has 10 heteroatoms. The molecular weight excluding hydrogens is 527 g/mol. The number of nitrogens with zero attached hydrogens (tertiary/aromatic N) is 3. The molecular formula is C19H15Br2ClN4O3. The fourth-order valence-electron chi connectivity index (χ4n) is 2.45. The van der Waals surface area contributed by atoms with E-state index in [2.05, 4.69) is 47.5 Å². The maximum Gasteiger partial charge on any atom is 0.293 e. The molecule has 2 N–H and O–H groups in total. The number of hydrazone groups is 1. The van der Waals surface area contributed by atoms with E-state index >= 15 is 0 Å². The second-order valence-electron chi connectivity index (χ2n) is 5.90. The Hall–Kier alpha value is -2.36. The quantitative estimate of drug-likeness (QED) is 0.352. The SMILES string of the molecule is COc1cc(/C=N/NC(=O)c2nn(Cc3ccc(Cl)cc3)cc2Br)cc(Br)c1O. The van der Waals surface area contributed by atoms with Crippen molar-refractivity contribution in [2.45, 2.75) is 6.54 Å². The Kier molecular flexibility index (Phi) is 6.94. The Morgan fingerprint density at radius 1 is 1.31 bits per heavy atom. The van der Waals surface area contributed by atoms with Gasteiger partial charge < -0.3 is 9.84 Å². The minimum Gasteiger partial charge on any atom is -0.503 e. The van der Waals surface area contributed by atoms with Gasteiger partial charge in [-0.3, -0.25) is 9.48 Å². The molecule has 0 aliphatic carbocycles. The van der Waals surface area contributed by atoms with Crippen LogP contribution in [0.2, 0.25) is 5.02 Å². The first-order chi connectivity index (χ1) is 13.9. The number of phenolic OH excluding ortho intramolecular Hbond substituents is 1. The molecule has 0 radical (unpaired) electrons. The molecule has 0 unspecified atom stereocenters. The van der Waals surface area contributed by atoms with Gasteiger partial charge in [0.1, 0.15) is 0 Å². The predicted octanol–water partition coefficient (Wildman–Crippen LogP) is 4.59. The number of halogens is 3. The van der Waals surface area contributed by atoms with Crippen LogP contribution in [0.15, 0.2) is 56.6 Å². The first-order valence-electron chi connectivity index (χ1n) is 8.24. The highest BCUT2D eigenvalue weighted by atomic mass is 79.9. The number of aromatic nitrogens is 2. The molecule has 7 nitrogen and oxygen atoms in total. The van der Waals surface area contributed by atoms with Crippen LogP contribution in [0.25, 0.3) is 0 Å². The molecule has 0 saturated heterocycles. The van der Waals surface area contributed by atoms with Crippen LogP contribution in [-0.2, 0) is 6.54 Å². The molecule has 0 aliphatic heterocycles. The zero-order valence-electron chi connectivity index (χ0n) is 15.1. The zero-order valence-corrected chi connectivity index (χ0v) is 19.0. The van der Waals surface area contributed by atoms with Gasteiger partial charge in [0.05, 0.1) is 28.8 Å². The molecule has 0 aliphatic rings. The van der Waals surface area contributed by atoms with Crippen LogP contribution in [0.5, 0.6) is 11.5 Å². The summed E-state index contributed by atoms with van der Waals surface area (Å²) >= 11 is 12.5. The average Bonchev–Trinajstić information content (AvgIpc) is 3.06. The third kappa shape index (κ3) is 5.37. The Labute approximate surface area is 188 Å². The predicted molar refractivity (Wildman–Crippen MR) is 118 cm³/mol. The lowest BCUT2D eigenvalue weighted by Gasteiger charge is -2.06. The number of ether oxygens (including phenoxy) is 1. The summed E-state index contributed by atoms with van der Waals surface area (Å²) in [4.78, 5) is 12.4. The number of benzene rings is 2. The molecule has 1 amide bonds. The van der Waals surface area contributed by atoms with Gasteiger partial charge in [0.15, 0.2) is 17.2 Å². The van der Waals surface area contributed by atoms with E-state index < -0.39 is 5.91 Å². The number of carbonyl (C=O) groups is 1. The first-order valence-corrected chi connectivity index (χ1v) is 10.2. The molecule has 0 fully saturated rings. The van der Waals surface area contributed by atoms with Gasteiger partial charge in [0.25, 0.3) is 5.91 Å². The monoisotopic (exact) mass is 540 g/mol. The summed E-state index contributed by atoms with van der Waals surface area (Å²) in [5.74, 6) is -0.188. The van der Waals surface area contributed by atoms with E-state index in [9.17, 15) is 9.90 Å². The van der Waals surface area contributed by atoms with E-state index in [-0.39, 0.29) is 17.2 Å². The summed E-state index contributed by atoms with van der Waals surface area (Å²) in [7, 11) is 1.45. The van der Waals surface area contributed by atoms with E-state index in [1.807, 2.05) is 12.1 Å². The number of methoxy groups -OCH3 is 1. The summed E-state index contributed by atoms with van der Waals surface area (Å²) in [6.07, 6.45) is 3.15. The van der Waals surface area contributed by atoms with Crippen molar-refractivity contribution in [1.29, 1.82) is 0 Å². The summed E-state index contributed by atoms with van der Waals surface area (Å²) in [5, 5.41) is 18.7. The number of aromatic hydroxyl groups is 1. The molecule has 0 saturated carbocycles. The van der Waals surface area contributed by atoms with E-state index in [1.165, 1.54) is 13.3 Å². The minimum atomic E-state index is -0.465. The number of carbonyl (C=O) groups excluding carboxylic acids is 1. The van der Waals surface area contributed by atoms with E-state index in [0.717, 1.165) is 5.56 Å². The third-order valence-electron chi connectivity index (χ3n) is 3.84. The van der Waals surface area contributed by atoms with Gasteiger partial charge in [-0.05, 0) is 67.3 Å². The van der Waals surface area contributed by atoms with Crippen molar-refractivity contribution in [3.05, 3.63) is 73.4 Å².